The summed E-state index contributed by atoms with van der Waals surface area (Å²) in [6.45, 7) is 5.70. The van der Waals surface area contributed by atoms with Crippen molar-refractivity contribution in [2.24, 2.45) is 0 Å². The minimum atomic E-state index is -0.284. The lowest BCUT2D eigenvalue weighted by Gasteiger charge is -2.15. The fourth-order valence-corrected chi connectivity index (χ4v) is 2.00. The van der Waals surface area contributed by atoms with Crippen LogP contribution in [0.1, 0.15) is 25.2 Å². The summed E-state index contributed by atoms with van der Waals surface area (Å²) in [7, 11) is 0. The van der Waals surface area contributed by atoms with Crippen LogP contribution in [-0.2, 0) is 16.1 Å². The summed E-state index contributed by atoms with van der Waals surface area (Å²) in [6.07, 6.45) is 0. The minimum absolute atomic E-state index is 0.0782. The van der Waals surface area contributed by atoms with Gasteiger partial charge in [-0.2, -0.15) is 15.0 Å². The van der Waals surface area contributed by atoms with Gasteiger partial charge in [0.2, 0.25) is 17.8 Å². The molecule has 0 aliphatic heterocycles. The topological polar surface area (TPSA) is 89.0 Å². The molecule has 1 atom stereocenters. The highest BCUT2D eigenvalue weighted by atomic mass is 19.1. The highest BCUT2D eigenvalue weighted by Crippen LogP contribution is 2.08. The number of nitrogens with one attached hydrogen (secondary N) is 2. The number of benzene rings is 1. The standard InChI is InChI=1S/C16H20FN5O2/c1-10(8-24-9-13-5-4-6-14(17)7-13)18-15-19-11(2)20-16(22-15)21-12(3)23/h4-7,10H,8-9H2,1-3H3,(H2,18,19,20,21,22,23). The van der Waals surface area contributed by atoms with E-state index < -0.39 is 0 Å². The van der Waals surface area contributed by atoms with Crippen LogP contribution in [0.5, 0.6) is 0 Å². The first kappa shape index (κ1) is 17.7. The molecular formula is C16H20FN5O2. The quantitative estimate of drug-likeness (QED) is 0.808. The Labute approximate surface area is 139 Å². The molecule has 1 heterocycles. The maximum absolute atomic E-state index is 13.1. The Balaban J connectivity index is 1.86. The van der Waals surface area contributed by atoms with E-state index in [0.717, 1.165) is 5.56 Å². The second-order valence-electron chi connectivity index (χ2n) is 5.40. The van der Waals surface area contributed by atoms with Gasteiger partial charge in [-0.3, -0.25) is 10.1 Å². The summed E-state index contributed by atoms with van der Waals surface area (Å²) in [6, 6.07) is 6.20. The van der Waals surface area contributed by atoms with Gasteiger partial charge in [-0.1, -0.05) is 12.1 Å². The number of hydrogen-bond donors (Lipinski definition) is 2. The van der Waals surface area contributed by atoms with E-state index >= 15 is 0 Å². The number of hydrogen-bond acceptors (Lipinski definition) is 6. The summed E-state index contributed by atoms with van der Waals surface area (Å²) >= 11 is 0. The molecule has 0 bridgehead atoms. The van der Waals surface area contributed by atoms with Crippen LogP contribution in [-0.4, -0.2) is 33.5 Å². The first-order chi connectivity index (χ1) is 11.4. The van der Waals surface area contributed by atoms with E-state index in [1.54, 1.807) is 19.1 Å². The lowest BCUT2D eigenvalue weighted by Crippen LogP contribution is -2.24. The number of rotatable bonds is 7. The SMILES string of the molecule is CC(=O)Nc1nc(C)nc(NC(C)COCc2cccc(F)c2)n1. The van der Waals surface area contributed by atoms with Crippen LogP contribution in [0.15, 0.2) is 24.3 Å². The highest BCUT2D eigenvalue weighted by Gasteiger charge is 2.09. The monoisotopic (exact) mass is 333 g/mol. The van der Waals surface area contributed by atoms with Crippen molar-refractivity contribution in [1.82, 2.24) is 15.0 Å². The van der Waals surface area contributed by atoms with E-state index in [9.17, 15) is 9.18 Å². The van der Waals surface area contributed by atoms with E-state index in [1.807, 2.05) is 6.92 Å². The smallest absolute Gasteiger partial charge is 0.234 e. The Morgan fingerprint density at radius 2 is 2.04 bits per heavy atom. The Kier molecular flexibility index (Phi) is 6.14. The zero-order chi connectivity index (χ0) is 17.5. The first-order valence-electron chi connectivity index (χ1n) is 7.51. The van der Waals surface area contributed by atoms with Crippen molar-refractivity contribution in [3.05, 3.63) is 41.5 Å². The molecule has 2 aromatic rings. The minimum Gasteiger partial charge on any atom is -0.375 e. The normalized spacial score (nSPS) is 11.8. The molecule has 0 radical (unpaired) electrons. The van der Waals surface area contributed by atoms with Gasteiger partial charge < -0.3 is 10.1 Å². The molecule has 1 amide bonds. The lowest BCUT2D eigenvalue weighted by atomic mass is 10.2. The van der Waals surface area contributed by atoms with Crippen LogP contribution < -0.4 is 10.6 Å². The second-order valence-corrected chi connectivity index (χ2v) is 5.40. The number of carbonyl (C=O) groups is 1. The van der Waals surface area contributed by atoms with Crippen LogP contribution in [0.25, 0.3) is 0 Å². The van der Waals surface area contributed by atoms with Crippen molar-refractivity contribution in [3.8, 4) is 0 Å². The van der Waals surface area contributed by atoms with Crippen LogP contribution >= 0.6 is 0 Å². The second kappa shape index (κ2) is 8.30. The summed E-state index contributed by atoms with van der Waals surface area (Å²) < 4.78 is 18.6. The largest absolute Gasteiger partial charge is 0.375 e. The zero-order valence-corrected chi connectivity index (χ0v) is 13.8. The summed E-state index contributed by atoms with van der Waals surface area (Å²) in [5.74, 6) is 0.508. The van der Waals surface area contributed by atoms with Crippen LogP contribution in [0.3, 0.4) is 0 Å². The van der Waals surface area contributed by atoms with Crippen molar-refractivity contribution < 1.29 is 13.9 Å². The van der Waals surface area contributed by atoms with E-state index in [4.69, 9.17) is 4.74 Å². The molecule has 8 heteroatoms. The van der Waals surface area contributed by atoms with Crippen molar-refractivity contribution >= 4 is 17.8 Å². The number of ether oxygens (including phenoxy) is 1. The third-order valence-electron chi connectivity index (χ3n) is 2.94. The third kappa shape index (κ3) is 5.88. The van der Waals surface area contributed by atoms with Crippen molar-refractivity contribution in [1.29, 1.82) is 0 Å². The van der Waals surface area contributed by atoms with Gasteiger partial charge in [-0.05, 0) is 31.5 Å². The molecule has 2 N–H and O–H groups in total. The van der Waals surface area contributed by atoms with Crippen molar-refractivity contribution in [2.75, 3.05) is 17.2 Å². The average molecular weight is 333 g/mol. The van der Waals surface area contributed by atoms with Gasteiger partial charge in [-0.25, -0.2) is 4.39 Å². The molecule has 1 aromatic carbocycles. The number of aromatic nitrogens is 3. The van der Waals surface area contributed by atoms with E-state index in [-0.39, 0.29) is 23.7 Å². The maximum atomic E-state index is 13.1. The molecule has 0 spiro atoms. The molecule has 0 aliphatic carbocycles. The predicted octanol–water partition coefficient (Wildman–Crippen LogP) is 2.29. The Morgan fingerprint density at radius 1 is 1.29 bits per heavy atom. The van der Waals surface area contributed by atoms with Crippen LogP contribution in [0.2, 0.25) is 0 Å². The molecule has 0 fully saturated rings. The van der Waals surface area contributed by atoms with Gasteiger partial charge >= 0.3 is 0 Å². The van der Waals surface area contributed by atoms with Gasteiger partial charge in [0.25, 0.3) is 0 Å². The van der Waals surface area contributed by atoms with Crippen LogP contribution in [0.4, 0.5) is 16.3 Å². The molecular weight excluding hydrogens is 313 g/mol. The van der Waals surface area contributed by atoms with Gasteiger partial charge in [-0.15, -0.1) is 0 Å². The average Bonchev–Trinajstić information content (AvgIpc) is 2.45. The van der Waals surface area contributed by atoms with E-state index in [1.165, 1.54) is 19.1 Å². The molecule has 1 aromatic heterocycles. The predicted molar refractivity (Wildman–Crippen MR) is 88.0 cm³/mol. The van der Waals surface area contributed by atoms with E-state index in [2.05, 4.69) is 25.6 Å². The third-order valence-corrected chi connectivity index (χ3v) is 2.94. The molecule has 0 saturated heterocycles. The molecule has 24 heavy (non-hydrogen) atoms. The Hall–Kier alpha value is -2.61. The van der Waals surface area contributed by atoms with Gasteiger partial charge in [0.15, 0.2) is 0 Å². The van der Waals surface area contributed by atoms with Crippen molar-refractivity contribution in [2.45, 2.75) is 33.4 Å². The lowest BCUT2D eigenvalue weighted by molar-refractivity contribution is -0.114. The number of carbonyl (C=O) groups excluding carboxylic acids is 1. The molecule has 2 rings (SSSR count). The number of halogens is 1. The summed E-state index contributed by atoms with van der Waals surface area (Å²) in [4.78, 5) is 23.4. The Bertz CT molecular complexity index is 711. The summed E-state index contributed by atoms with van der Waals surface area (Å²) in [5.41, 5.74) is 0.770. The van der Waals surface area contributed by atoms with E-state index in [0.29, 0.717) is 25.0 Å². The van der Waals surface area contributed by atoms with Crippen LogP contribution in [0, 0.1) is 12.7 Å². The van der Waals surface area contributed by atoms with Gasteiger partial charge in [0.05, 0.1) is 13.2 Å². The van der Waals surface area contributed by atoms with Crippen molar-refractivity contribution in [3.63, 3.8) is 0 Å². The zero-order valence-electron chi connectivity index (χ0n) is 13.8. The Morgan fingerprint density at radius 3 is 2.75 bits per heavy atom. The fourth-order valence-electron chi connectivity index (χ4n) is 2.00. The molecule has 128 valence electrons. The molecule has 0 aliphatic rings. The highest BCUT2D eigenvalue weighted by molar-refractivity contribution is 5.86. The van der Waals surface area contributed by atoms with Gasteiger partial charge in [0, 0.05) is 13.0 Å². The first-order valence-corrected chi connectivity index (χ1v) is 7.51. The molecule has 7 nitrogen and oxygen atoms in total. The molecule has 1 unspecified atom stereocenters. The maximum Gasteiger partial charge on any atom is 0.234 e. The number of amides is 1. The molecule has 0 saturated carbocycles. The number of aryl methyl sites for hydroxylation is 1. The number of nitrogens with zero attached hydrogens (tertiary/aromatic N) is 3. The summed E-state index contributed by atoms with van der Waals surface area (Å²) in [5, 5.41) is 5.60. The van der Waals surface area contributed by atoms with Gasteiger partial charge in [0.1, 0.15) is 11.6 Å². The number of anilines is 2. The fraction of sp³-hybridized carbons (Fsp3) is 0.375.